The van der Waals surface area contributed by atoms with Gasteiger partial charge in [0.25, 0.3) is 0 Å². The Bertz CT molecular complexity index is 1130. The molecule has 0 saturated carbocycles. The van der Waals surface area contributed by atoms with Crippen LogP contribution in [-0.2, 0) is 21.4 Å². The van der Waals surface area contributed by atoms with Crippen molar-refractivity contribution in [2.75, 3.05) is 0 Å². The molecular weight excluding hydrogens is 412 g/mol. The van der Waals surface area contributed by atoms with E-state index in [2.05, 4.69) is 4.79 Å². The van der Waals surface area contributed by atoms with Crippen molar-refractivity contribution in [2.45, 2.75) is 44.5 Å². The van der Waals surface area contributed by atoms with Gasteiger partial charge in [-0.3, -0.25) is 4.79 Å². The first kappa shape index (κ1) is 22.0. The quantitative estimate of drug-likeness (QED) is 0.410. The van der Waals surface area contributed by atoms with Crippen LogP contribution < -0.4 is 0 Å². The van der Waals surface area contributed by atoms with Crippen LogP contribution in [0.15, 0.2) is 42.5 Å². The Morgan fingerprint density at radius 2 is 1.83 bits per heavy atom. The largest absolute Gasteiger partial charge is 0.367 e. The number of hydrogen-bond acceptors (Lipinski definition) is 3. The van der Waals surface area contributed by atoms with E-state index in [0.717, 1.165) is 19.1 Å². The number of halogens is 2. The second kappa shape index (κ2) is 8.55. The van der Waals surface area contributed by atoms with Crippen molar-refractivity contribution in [1.29, 1.82) is 0 Å². The zero-order valence-electron chi connectivity index (χ0n) is 16.5. The van der Waals surface area contributed by atoms with E-state index in [4.69, 9.17) is 5.53 Å². The third kappa shape index (κ3) is 4.09. The van der Waals surface area contributed by atoms with Crippen LogP contribution in [0.5, 0.6) is 0 Å². The SMILES string of the molecule is CC(=O)C(=[N+]=[N-])c1cc(F)c(CN2[C@@H](C)CC[C@H](c3ccccc3)S2(=O)=O)cc1F. The number of benzene rings is 2. The van der Waals surface area contributed by atoms with Crippen molar-refractivity contribution >= 4 is 21.5 Å². The summed E-state index contributed by atoms with van der Waals surface area (Å²) in [5, 5.41) is -0.757. The van der Waals surface area contributed by atoms with Crippen LogP contribution in [0.1, 0.15) is 48.6 Å². The molecule has 0 amide bonds. The maximum absolute atomic E-state index is 14.7. The number of nitrogens with zero attached hydrogens (tertiary/aromatic N) is 3. The average molecular weight is 433 g/mol. The highest BCUT2D eigenvalue weighted by molar-refractivity contribution is 7.89. The minimum absolute atomic E-state index is 0.166. The third-order valence-corrected chi connectivity index (χ3v) is 7.72. The highest BCUT2D eigenvalue weighted by atomic mass is 32.2. The number of sulfonamides is 1. The molecule has 3 rings (SSSR count). The smallest absolute Gasteiger partial charge is 0.361 e. The van der Waals surface area contributed by atoms with Gasteiger partial charge in [-0.15, -0.1) is 0 Å². The normalized spacial score (nSPS) is 21.1. The van der Waals surface area contributed by atoms with E-state index in [9.17, 15) is 22.0 Å². The maximum Gasteiger partial charge on any atom is 0.367 e. The number of hydrogen-bond donors (Lipinski definition) is 0. The summed E-state index contributed by atoms with van der Waals surface area (Å²) in [4.78, 5) is 14.2. The van der Waals surface area contributed by atoms with Gasteiger partial charge >= 0.3 is 5.71 Å². The van der Waals surface area contributed by atoms with Gasteiger partial charge in [0.15, 0.2) is 0 Å². The number of rotatable bonds is 5. The van der Waals surface area contributed by atoms with Crippen LogP contribution in [-0.4, -0.2) is 35.0 Å². The Hall–Kier alpha value is -2.74. The summed E-state index contributed by atoms with van der Waals surface area (Å²) >= 11 is 0. The first-order valence-electron chi connectivity index (χ1n) is 9.43. The second-order valence-corrected chi connectivity index (χ2v) is 9.41. The molecule has 1 fully saturated rings. The molecule has 0 aliphatic carbocycles. The number of carbonyl (C=O) groups is 1. The lowest BCUT2D eigenvalue weighted by atomic mass is 10.0. The van der Waals surface area contributed by atoms with Gasteiger partial charge in [-0.25, -0.2) is 17.2 Å². The topological polar surface area (TPSA) is 90.8 Å². The lowest BCUT2D eigenvalue weighted by Crippen LogP contribution is -2.44. The predicted octanol–water partition coefficient (Wildman–Crippen LogP) is 3.63. The molecule has 2 atom stereocenters. The Morgan fingerprint density at radius 3 is 2.43 bits per heavy atom. The van der Waals surface area contributed by atoms with Gasteiger partial charge in [0.1, 0.15) is 22.4 Å². The molecule has 2 aromatic carbocycles. The monoisotopic (exact) mass is 433 g/mol. The zero-order valence-corrected chi connectivity index (χ0v) is 17.4. The fourth-order valence-electron chi connectivity index (χ4n) is 3.72. The summed E-state index contributed by atoms with van der Waals surface area (Å²) < 4.78 is 56.9. The van der Waals surface area contributed by atoms with Crippen molar-refractivity contribution < 1.29 is 26.8 Å². The predicted molar refractivity (Wildman–Crippen MR) is 107 cm³/mol. The van der Waals surface area contributed by atoms with Crippen LogP contribution in [0.25, 0.3) is 5.53 Å². The molecule has 0 bridgehead atoms. The van der Waals surface area contributed by atoms with Gasteiger partial charge in [0, 0.05) is 25.1 Å². The Balaban J connectivity index is 1.97. The number of Topliss-reactive ketones (excluding diaryl/α,β-unsaturated/α-hetero) is 1. The van der Waals surface area contributed by atoms with Crippen molar-refractivity contribution in [3.63, 3.8) is 0 Å². The van der Waals surface area contributed by atoms with Crippen LogP contribution in [0, 0.1) is 11.6 Å². The van der Waals surface area contributed by atoms with E-state index in [1.54, 1.807) is 37.3 Å². The Morgan fingerprint density at radius 1 is 1.17 bits per heavy atom. The average Bonchev–Trinajstić information content (AvgIpc) is 2.69. The second-order valence-electron chi connectivity index (χ2n) is 7.34. The van der Waals surface area contributed by atoms with Gasteiger partial charge in [0.2, 0.25) is 15.8 Å². The summed E-state index contributed by atoms with van der Waals surface area (Å²) in [5.41, 5.74) is 8.32. The molecule has 0 N–H and O–H groups in total. The van der Waals surface area contributed by atoms with E-state index >= 15 is 0 Å². The van der Waals surface area contributed by atoms with Gasteiger partial charge < -0.3 is 5.53 Å². The summed E-state index contributed by atoms with van der Waals surface area (Å²) in [7, 11) is -3.81. The van der Waals surface area contributed by atoms with E-state index in [0.29, 0.717) is 18.4 Å². The molecule has 0 spiro atoms. The first-order valence-corrected chi connectivity index (χ1v) is 10.9. The molecule has 1 aliphatic rings. The molecule has 1 aliphatic heterocycles. The van der Waals surface area contributed by atoms with Crippen LogP contribution in [0.2, 0.25) is 0 Å². The molecule has 1 heterocycles. The van der Waals surface area contributed by atoms with Gasteiger partial charge in [-0.1, -0.05) is 30.3 Å². The van der Waals surface area contributed by atoms with Gasteiger partial charge in [-0.2, -0.15) is 9.10 Å². The van der Waals surface area contributed by atoms with Crippen LogP contribution >= 0.6 is 0 Å². The lowest BCUT2D eigenvalue weighted by Gasteiger charge is -2.37. The zero-order chi connectivity index (χ0) is 22.1. The van der Waals surface area contributed by atoms with E-state index < -0.39 is 44.0 Å². The van der Waals surface area contributed by atoms with Crippen molar-refractivity contribution in [3.8, 4) is 0 Å². The van der Waals surface area contributed by atoms with Gasteiger partial charge in [-0.05, 0) is 37.5 Å². The summed E-state index contributed by atoms with van der Waals surface area (Å²) in [6.07, 6.45) is 1.02. The van der Waals surface area contributed by atoms with Gasteiger partial charge in [0.05, 0.1) is 0 Å². The first-order chi connectivity index (χ1) is 14.2. The standard InChI is InChI=1S/C21H21F2N3O3S/c1-13-8-9-20(15-6-4-3-5-7-15)30(28,29)26(13)12-16-10-19(23)17(11-18(16)22)21(25-24)14(2)27/h3-7,10-11,13,20H,8-9,12H2,1-2H3/t13-,20+/m0/s1. The highest BCUT2D eigenvalue weighted by Gasteiger charge is 2.41. The summed E-state index contributed by atoms with van der Waals surface area (Å²) in [5.74, 6) is -2.60. The Kier molecular flexibility index (Phi) is 6.26. The molecule has 0 radical (unpaired) electrons. The van der Waals surface area contributed by atoms with Crippen molar-refractivity contribution in [1.82, 2.24) is 4.31 Å². The van der Waals surface area contributed by atoms with Crippen molar-refractivity contribution in [2.24, 2.45) is 0 Å². The minimum atomic E-state index is -3.81. The molecule has 0 unspecified atom stereocenters. The molecule has 158 valence electrons. The fourth-order valence-corrected chi connectivity index (χ4v) is 5.91. The number of carbonyl (C=O) groups excluding carboxylic acids is 1. The summed E-state index contributed by atoms with van der Waals surface area (Å²) in [6.45, 7) is 2.45. The fraction of sp³-hybridized carbons (Fsp3) is 0.333. The molecule has 9 heteroatoms. The molecule has 30 heavy (non-hydrogen) atoms. The van der Waals surface area contributed by atoms with E-state index in [-0.39, 0.29) is 18.2 Å². The molecule has 2 aromatic rings. The van der Waals surface area contributed by atoms with Crippen molar-refractivity contribution in [3.05, 3.63) is 76.3 Å². The van der Waals surface area contributed by atoms with Crippen LogP contribution in [0.3, 0.4) is 0 Å². The van der Waals surface area contributed by atoms with Crippen LogP contribution in [0.4, 0.5) is 8.78 Å². The van der Waals surface area contributed by atoms with E-state index in [1.807, 2.05) is 0 Å². The van der Waals surface area contributed by atoms with E-state index in [1.165, 1.54) is 4.31 Å². The lowest BCUT2D eigenvalue weighted by molar-refractivity contribution is -0.115. The summed E-state index contributed by atoms with van der Waals surface area (Å²) in [6, 6.07) is 10.00. The molecule has 1 saturated heterocycles. The molecule has 6 nitrogen and oxygen atoms in total. The highest BCUT2D eigenvalue weighted by Crippen LogP contribution is 2.38. The number of ketones is 1. The molecule has 0 aromatic heterocycles. The Labute approximate surface area is 173 Å². The third-order valence-electron chi connectivity index (χ3n) is 5.35. The molecular formula is C21H21F2N3O3S. The maximum atomic E-state index is 14.7. The minimum Gasteiger partial charge on any atom is -0.361 e.